The van der Waals surface area contributed by atoms with E-state index in [0.29, 0.717) is 54.9 Å². The Balaban J connectivity index is 1.15. The number of carbonyl (C=O) groups is 1. The highest BCUT2D eigenvalue weighted by atomic mass is 35.5. The van der Waals surface area contributed by atoms with Gasteiger partial charge >= 0.3 is 0 Å². The minimum absolute atomic E-state index is 0.0548. The summed E-state index contributed by atoms with van der Waals surface area (Å²) in [5, 5.41) is 15.0. The lowest BCUT2D eigenvalue weighted by Gasteiger charge is -2.30. The Bertz CT molecular complexity index is 1410. The van der Waals surface area contributed by atoms with E-state index in [9.17, 15) is 14.3 Å². The molecule has 2 aromatic carbocycles. The number of carbonyl (C=O) groups excluding carboxylic acids is 1. The Labute approximate surface area is 249 Å². The first-order chi connectivity index (χ1) is 20.4. The van der Waals surface area contributed by atoms with Gasteiger partial charge in [0.2, 0.25) is 11.8 Å². The van der Waals surface area contributed by atoms with Crippen LogP contribution in [0, 0.1) is 11.7 Å². The number of ether oxygens (including phenoxy) is 3. The fourth-order valence-corrected chi connectivity index (χ4v) is 5.95. The Morgan fingerprint density at radius 2 is 1.98 bits per heavy atom. The third-order valence-corrected chi connectivity index (χ3v) is 8.33. The summed E-state index contributed by atoms with van der Waals surface area (Å²) < 4.78 is 31.7. The number of benzene rings is 2. The molecule has 0 unspecified atom stereocenters. The molecule has 4 heterocycles. The lowest BCUT2D eigenvalue weighted by molar-refractivity contribution is -0.126. The van der Waals surface area contributed by atoms with Crippen molar-refractivity contribution in [2.75, 3.05) is 50.8 Å². The lowest BCUT2D eigenvalue weighted by Crippen LogP contribution is -2.48. The molecule has 2 fully saturated rings. The van der Waals surface area contributed by atoms with Crippen molar-refractivity contribution in [1.82, 2.24) is 15.2 Å². The fraction of sp³-hybridized carbons (Fsp3) is 0.419. The molecule has 42 heavy (non-hydrogen) atoms. The zero-order valence-corrected chi connectivity index (χ0v) is 23.9. The van der Waals surface area contributed by atoms with Crippen LogP contribution in [0.15, 0.2) is 54.7 Å². The monoisotopic (exact) mass is 596 g/mol. The lowest BCUT2D eigenvalue weighted by atomic mass is 9.99. The summed E-state index contributed by atoms with van der Waals surface area (Å²) in [5.41, 5.74) is 1.23. The maximum Gasteiger partial charge on any atom is 0.225 e. The first kappa shape index (κ1) is 28.5. The Hall–Kier alpha value is -3.60. The van der Waals surface area contributed by atoms with Gasteiger partial charge in [0.1, 0.15) is 25.1 Å². The summed E-state index contributed by atoms with van der Waals surface area (Å²) in [7, 11) is 0. The summed E-state index contributed by atoms with van der Waals surface area (Å²) in [6, 6.07) is 13.2. The predicted octanol–water partition coefficient (Wildman–Crippen LogP) is 4.58. The molecule has 0 saturated carbocycles. The third-order valence-electron chi connectivity index (χ3n) is 8.01. The van der Waals surface area contributed by atoms with Crippen LogP contribution < -0.4 is 24.4 Å². The van der Waals surface area contributed by atoms with E-state index in [4.69, 9.17) is 25.8 Å². The molecule has 3 aromatic rings. The van der Waals surface area contributed by atoms with Crippen LogP contribution in [0.3, 0.4) is 0 Å². The van der Waals surface area contributed by atoms with Crippen molar-refractivity contribution >= 4 is 23.2 Å². The van der Waals surface area contributed by atoms with E-state index in [1.807, 2.05) is 24.3 Å². The molecule has 3 atom stereocenters. The van der Waals surface area contributed by atoms with Crippen LogP contribution in [0.5, 0.6) is 23.1 Å². The molecular weight excluding hydrogens is 563 g/mol. The number of aliphatic hydroxyl groups is 1. The number of anilines is 1. The molecule has 3 aliphatic heterocycles. The van der Waals surface area contributed by atoms with Crippen LogP contribution in [-0.4, -0.2) is 72.9 Å². The van der Waals surface area contributed by atoms with Gasteiger partial charge in [-0.25, -0.2) is 9.37 Å². The summed E-state index contributed by atoms with van der Waals surface area (Å²) in [4.78, 5) is 22.1. The highest BCUT2D eigenvalue weighted by molar-refractivity contribution is 6.32. The first-order valence-corrected chi connectivity index (χ1v) is 14.8. The van der Waals surface area contributed by atoms with Gasteiger partial charge in [0.05, 0.1) is 17.0 Å². The maximum atomic E-state index is 14.8. The van der Waals surface area contributed by atoms with Crippen LogP contribution in [0.2, 0.25) is 5.02 Å². The van der Waals surface area contributed by atoms with E-state index >= 15 is 0 Å². The van der Waals surface area contributed by atoms with Crippen LogP contribution in [0.4, 0.5) is 10.1 Å². The van der Waals surface area contributed by atoms with E-state index in [2.05, 4.69) is 20.1 Å². The molecular formula is C31H34ClFN4O5. The van der Waals surface area contributed by atoms with Crippen LogP contribution >= 0.6 is 11.6 Å². The molecule has 6 rings (SSSR count). The van der Waals surface area contributed by atoms with Gasteiger partial charge in [-0.1, -0.05) is 17.7 Å². The molecule has 2 saturated heterocycles. The average molecular weight is 597 g/mol. The number of nitrogens with one attached hydrogen (secondary N) is 1. The summed E-state index contributed by atoms with van der Waals surface area (Å²) in [5.74, 6) is 0.232. The van der Waals surface area contributed by atoms with Crippen LogP contribution in [-0.2, 0) is 4.79 Å². The molecule has 222 valence electrons. The maximum absolute atomic E-state index is 14.8. The molecule has 11 heteroatoms. The predicted molar refractivity (Wildman–Crippen MR) is 156 cm³/mol. The Morgan fingerprint density at radius 3 is 2.79 bits per heavy atom. The van der Waals surface area contributed by atoms with Gasteiger partial charge in [0.25, 0.3) is 0 Å². The third kappa shape index (κ3) is 6.40. The van der Waals surface area contributed by atoms with Crippen LogP contribution in [0.25, 0.3) is 0 Å². The second-order valence-corrected chi connectivity index (χ2v) is 11.3. The second kappa shape index (κ2) is 12.7. The molecule has 0 spiro atoms. The normalized spacial score (nSPS) is 19.9. The number of amides is 1. The number of aromatic nitrogens is 1. The number of aliphatic hydroxyl groups excluding tert-OH is 1. The zero-order valence-electron chi connectivity index (χ0n) is 23.2. The topological polar surface area (TPSA) is 96.4 Å². The summed E-state index contributed by atoms with van der Waals surface area (Å²) in [6.07, 6.45) is 3.31. The van der Waals surface area contributed by atoms with Crippen molar-refractivity contribution in [3.63, 3.8) is 0 Å². The number of hydrogen-bond donors (Lipinski definition) is 2. The number of hydrogen-bond acceptors (Lipinski definition) is 8. The van der Waals surface area contributed by atoms with E-state index in [-0.39, 0.29) is 29.9 Å². The summed E-state index contributed by atoms with van der Waals surface area (Å²) >= 11 is 6.39. The standard InChI is InChI=1S/C31H34ClFN4O5/c32-23-7-6-22(17-26(23)42-28-5-1-2-9-34-28)37-12-8-20(18-37)31(39)35-25(19-36-10-3-4-11-36)29(38)21-15-24(33)30-27(16-21)40-13-14-41-30/h1-2,5-7,9,15-17,20,25,29,38H,3-4,8,10-14,18-19H2,(H,35,39)/t20-,25-,29-/m1/s1. The van der Waals surface area contributed by atoms with Gasteiger partial charge < -0.3 is 34.4 Å². The van der Waals surface area contributed by atoms with Crippen molar-refractivity contribution in [2.24, 2.45) is 5.92 Å². The van der Waals surface area contributed by atoms with Gasteiger partial charge in [-0.05, 0) is 68.2 Å². The number of likely N-dealkylation sites (tertiary alicyclic amines) is 1. The quantitative estimate of drug-likeness (QED) is 0.371. The number of nitrogens with zero attached hydrogens (tertiary/aromatic N) is 3. The average Bonchev–Trinajstić information content (AvgIpc) is 3.71. The largest absolute Gasteiger partial charge is 0.486 e. The highest BCUT2D eigenvalue weighted by Crippen LogP contribution is 2.37. The van der Waals surface area contributed by atoms with Gasteiger partial charge in [-0.3, -0.25) is 4.79 Å². The van der Waals surface area contributed by atoms with Gasteiger partial charge in [-0.2, -0.15) is 0 Å². The Morgan fingerprint density at radius 1 is 1.14 bits per heavy atom. The molecule has 2 N–H and O–H groups in total. The van der Waals surface area contributed by atoms with E-state index in [0.717, 1.165) is 31.6 Å². The van der Waals surface area contributed by atoms with E-state index in [1.54, 1.807) is 24.4 Å². The highest BCUT2D eigenvalue weighted by Gasteiger charge is 2.34. The minimum Gasteiger partial charge on any atom is -0.486 e. The van der Waals surface area contributed by atoms with Crippen molar-refractivity contribution < 1.29 is 28.5 Å². The number of fused-ring (bicyclic) bond motifs is 1. The molecule has 1 aromatic heterocycles. The van der Waals surface area contributed by atoms with Gasteiger partial charge in [0, 0.05) is 43.7 Å². The molecule has 0 radical (unpaired) electrons. The SMILES string of the molecule is O=C(N[C@H](CN1CCCC1)[C@H](O)c1cc(F)c2c(c1)OCCO2)[C@@H]1CCN(c2ccc(Cl)c(Oc3ccccn3)c2)C1. The smallest absolute Gasteiger partial charge is 0.225 e. The molecule has 9 nitrogen and oxygen atoms in total. The fourth-order valence-electron chi connectivity index (χ4n) is 5.80. The van der Waals surface area contributed by atoms with Crippen molar-refractivity contribution in [1.29, 1.82) is 0 Å². The molecule has 3 aliphatic rings. The number of rotatable bonds is 9. The zero-order chi connectivity index (χ0) is 29.1. The van der Waals surface area contributed by atoms with Crippen LogP contribution in [0.1, 0.15) is 30.9 Å². The Kier molecular flexibility index (Phi) is 8.64. The van der Waals surface area contributed by atoms with E-state index in [1.165, 1.54) is 6.07 Å². The van der Waals surface area contributed by atoms with E-state index < -0.39 is 18.0 Å². The first-order valence-electron chi connectivity index (χ1n) is 14.4. The molecule has 1 amide bonds. The van der Waals surface area contributed by atoms with Crippen molar-refractivity contribution in [2.45, 2.75) is 31.4 Å². The number of pyridine rings is 1. The number of halogens is 2. The second-order valence-electron chi connectivity index (χ2n) is 10.9. The van der Waals surface area contributed by atoms with Gasteiger partial charge in [0.15, 0.2) is 17.3 Å². The minimum atomic E-state index is -1.13. The molecule has 0 aliphatic carbocycles. The van der Waals surface area contributed by atoms with Crippen molar-refractivity contribution in [3.05, 3.63) is 71.1 Å². The van der Waals surface area contributed by atoms with Crippen molar-refractivity contribution in [3.8, 4) is 23.1 Å². The molecule has 0 bridgehead atoms. The summed E-state index contributed by atoms with van der Waals surface area (Å²) in [6.45, 7) is 4.01. The van der Waals surface area contributed by atoms with Gasteiger partial charge in [-0.15, -0.1) is 0 Å².